The summed E-state index contributed by atoms with van der Waals surface area (Å²) in [5.41, 5.74) is 0.234. The second-order valence-electron chi connectivity index (χ2n) is 11.1. The van der Waals surface area contributed by atoms with E-state index >= 15 is 0 Å². The lowest BCUT2D eigenvalue weighted by Gasteiger charge is -2.37. The monoisotopic (exact) mass is 481 g/mol. The minimum Gasteiger partial charge on any atom is -0.598 e. The quantitative estimate of drug-likeness (QED) is 0.330. The first-order valence-corrected chi connectivity index (χ1v) is 14.5. The number of hydrogen-bond donors (Lipinski definition) is 1. The van der Waals surface area contributed by atoms with Gasteiger partial charge in [-0.2, -0.15) is 0 Å². The van der Waals surface area contributed by atoms with E-state index in [4.69, 9.17) is 4.43 Å². The maximum absolute atomic E-state index is 13.0. The molecule has 1 rings (SSSR count). The van der Waals surface area contributed by atoms with Gasteiger partial charge in [-0.1, -0.05) is 26.8 Å². The standard InChI is InChI=1S/C22H38F3NO3SSi/c1-19(2,3)30(27)26-21(7,8)14-13-16-11-12-17(18(15-16)28-22(23,24)25)29-31(9,10)20(4,5)6/h11-12,15,26H,13-14H2,1-10H3/t30-/m1/s1. The average molecular weight is 482 g/mol. The van der Waals surface area contributed by atoms with E-state index in [9.17, 15) is 17.7 Å². The van der Waals surface area contributed by atoms with Crippen LogP contribution in [0.15, 0.2) is 18.2 Å². The summed E-state index contributed by atoms with van der Waals surface area (Å²) in [5, 5.41) is -0.167. The molecule has 180 valence electrons. The van der Waals surface area contributed by atoms with Crippen LogP contribution < -0.4 is 13.9 Å². The molecule has 0 saturated carbocycles. The van der Waals surface area contributed by atoms with Crippen LogP contribution in [-0.2, 0) is 17.8 Å². The molecule has 31 heavy (non-hydrogen) atoms. The largest absolute Gasteiger partial charge is 0.598 e. The van der Waals surface area contributed by atoms with E-state index in [2.05, 4.69) is 9.46 Å². The van der Waals surface area contributed by atoms with Gasteiger partial charge in [0.1, 0.15) is 10.5 Å². The van der Waals surface area contributed by atoms with Crippen molar-refractivity contribution < 1.29 is 26.9 Å². The zero-order valence-electron chi connectivity index (χ0n) is 20.4. The Morgan fingerprint density at radius 3 is 1.97 bits per heavy atom. The Balaban J connectivity index is 3.08. The maximum atomic E-state index is 13.0. The van der Waals surface area contributed by atoms with Crippen molar-refractivity contribution >= 4 is 19.7 Å². The van der Waals surface area contributed by atoms with Crippen molar-refractivity contribution in [1.29, 1.82) is 0 Å². The molecule has 0 saturated heterocycles. The maximum Gasteiger partial charge on any atom is 0.573 e. The molecule has 0 bridgehead atoms. The van der Waals surface area contributed by atoms with Gasteiger partial charge in [-0.25, -0.2) is 0 Å². The van der Waals surface area contributed by atoms with Crippen molar-refractivity contribution in [3.8, 4) is 11.5 Å². The van der Waals surface area contributed by atoms with Gasteiger partial charge in [0, 0.05) is 11.4 Å². The van der Waals surface area contributed by atoms with Crippen molar-refractivity contribution in [3.05, 3.63) is 23.8 Å². The van der Waals surface area contributed by atoms with E-state index in [0.29, 0.717) is 18.4 Å². The first kappa shape index (κ1) is 28.1. The number of alkyl halides is 3. The molecule has 1 aromatic carbocycles. The molecule has 0 aromatic heterocycles. The molecule has 0 heterocycles. The molecule has 0 amide bonds. The topological polar surface area (TPSA) is 53.5 Å². The lowest BCUT2D eigenvalue weighted by Crippen LogP contribution is -2.50. The number of hydrogen-bond acceptors (Lipinski definition) is 4. The van der Waals surface area contributed by atoms with Gasteiger partial charge in [-0.15, -0.1) is 17.9 Å². The van der Waals surface area contributed by atoms with Gasteiger partial charge >= 0.3 is 6.36 Å². The van der Waals surface area contributed by atoms with E-state index in [1.165, 1.54) is 6.07 Å². The third kappa shape index (κ3) is 9.24. The highest BCUT2D eigenvalue weighted by atomic mass is 32.2. The van der Waals surface area contributed by atoms with Crippen LogP contribution >= 0.6 is 0 Å². The Morgan fingerprint density at radius 1 is 0.968 bits per heavy atom. The fourth-order valence-electron chi connectivity index (χ4n) is 2.34. The molecule has 1 N–H and O–H groups in total. The average Bonchev–Trinajstić information content (AvgIpc) is 2.51. The summed E-state index contributed by atoms with van der Waals surface area (Å²) >= 11 is -1.24. The van der Waals surface area contributed by atoms with Crippen molar-refractivity contribution in [2.75, 3.05) is 0 Å². The van der Waals surface area contributed by atoms with E-state index < -0.39 is 36.3 Å². The van der Waals surface area contributed by atoms with Crippen LogP contribution in [0.4, 0.5) is 13.2 Å². The fraction of sp³-hybridized carbons (Fsp3) is 0.727. The van der Waals surface area contributed by atoms with E-state index in [1.54, 1.807) is 12.1 Å². The van der Waals surface area contributed by atoms with Gasteiger partial charge in [-0.05, 0) is 83.3 Å². The smallest absolute Gasteiger partial charge is 0.573 e. The van der Waals surface area contributed by atoms with Crippen LogP contribution in [-0.4, -0.2) is 29.5 Å². The fourth-order valence-corrected chi connectivity index (χ4v) is 4.27. The summed E-state index contributed by atoms with van der Waals surface area (Å²) in [5.74, 6) is -0.210. The summed E-state index contributed by atoms with van der Waals surface area (Å²) in [6.45, 7) is 19.5. The predicted octanol–water partition coefficient (Wildman–Crippen LogP) is 6.73. The van der Waals surface area contributed by atoms with E-state index in [1.807, 2.05) is 68.5 Å². The van der Waals surface area contributed by atoms with Crippen LogP contribution in [0.3, 0.4) is 0 Å². The summed E-state index contributed by atoms with van der Waals surface area (Å²) in [4.78, 5) is 0. The minimum absolute atomic E-state index is 0.110. The number of benzene rings is 1. The summed E-state index contributed by atoms with van der Waals surface area (Å²) in [6.07, 6.45) is -3.73. The molecule has 1 aromatic rings. The van der Waals surface area contributed by atoms with Crippen LogP contribution in [0.25, 0.3) is 0 Å². The van der Waals surface area contributed by atoms with Crippen LogP contribution in [0.2, 0.25) is 18.1 Å². The number of rotatable bonds is 8. The second-order valence-corrected chi connectivity index (χ2v) is 17.7. The Morgan fingerprint density at radius 2 is 1.52 bits per heavy atom. The molecular formula is C22H38F3NO3SSi. The molecule has 0 unspecified atom stereocenters. The number of aryl methyl sites for hydroxylation is 1. The highest BCUT2D eigenvalue weighted by Crippen LogP contribution is 2.41. The van der Waals surface area contributed by atoms with Crippen molar-refractivity contribution in [2.45, 2.75) is 103 Å². The highest BCUT2D eigenvalue weighted by molar-refractivity contribution is 7.90. The molecule has 1 atom stereocenters. The SMILES string of the molecule is CC(C)(CCc1ccc(O[Si](C)(C)C(C)(C)C)c(OC(F)(F)F)c1)N[S@+]([O-])C(C)(C)C. The Kier molecular flexibility index (Phi) is 8.65. The summed E-state index contributed by atoms with van der Waals surface area (Å²) in [7, 11) is -2.35. The van der Waals surface area contributed by atoms with E-state index in [0.717, 1.165) is 0 Å². The summed E-state index contributed by atoms with van der Waals surface area (Å²) < 4.78 is 64.6. The van der Waals surface area contributed by atoms with Crippen LogP contribution in [0.1, 0.15) is 67.4 Å². The van der Waals surface area contributed by atoms with Gasteiger partial charge in [0.15, 0.2) is 5.75 Å². The molecule has 4 nitrogen and oxygen atoms in total. The Bertz CT molecular complexity index is 741. The lowest BCUT2D eigenvalue weighted by atomic mass is 9.96. The van der Waals surface area contributed by atoms with Gasteiger partial charge in [0.05, 0.1) is 5.54 Å². The molecule has 0 aliphatic carbocycles. The first-order chi connectivity index (χ1) is 13.6. The van der Waals surface area contributed by atoms with Crippen LogP contribution in [0, 0.1) is 0 Å². The molecule has 0 aliphatic rings. The molecular weight excluding hydrogens is 443 g/mol. The van der Waals surface area contributed by atoms with Gasteiger partial charge < -0.3 is 13.7 Å². The molecule has 0 aliphatic heterocycles. The number of halogens is 3. The zero-order valence-corrected chi connectivity index (χ0v) is 22.2. The van der Waals surface area contributed by atoms with Crippen molar-refractivity contribution in [1.82, 2.24) is 4.72 Å². The first-order valence-electron chi connectivity index (χ1n) is 10.4. The third-order valence-corrected chi connectivity index (χ3v) is 11.6. The van der Waals surface area contributed by atoms with Gasteiger partial charge in [-0.3, -0.25) is 0 Å². The number of ether oxygens (including phenoxy) is 1. The zero-order chi connectivity index (χ0) is 24.5. The number of nitrogens with one attached hydrogen (secondary N) is 1. The highest BCUT2D eigenvalue weighted by Gasteiger charge is 2.40. The molecule has 9 heteroatoms. The van der Waals surface area contributed by atoms with Crippen LogP contribution in [0.5, 0.6) is 11.5 Å². The second kappa shape index (κ2) is 9.53. The lowest BCUT2D eigenvalue weighted by molar-refractivity contribution is -0.275. The Labute approximate surface area is 189 Å². The van der Waals surface area contributed by atoms with Crippen molar-refractivity contribution in [2.24, 2.45) is 0 Å². The third-order valence-electron chi connectivity index (χ3n) is 5.37. The molecule has 0 radical (unpaired) electrons. The van der Waals surface area contributed by atoms with E-state index in [-0.39, 0.29) is 16.5 Å². The predicted molar refractivity (Wildman–Crippen MR) is 124 cm³/mol. The summed E-state index contributed by atoms with van der Waals surface area (Å²) in [6, 6.07) is 4.72. The van der Waals surface area contributed by atoms with Gasteiger partial charge in [0.25, 0.3) is 8.32 Å². The molecule has 0 fully saturated rings. The minimum atomic E-state index is -4.81. The normalized spacial score (nSPS) is 15.0. The molecule has 0 spiro atoms. The van der Waals surface area contributed by atoms with Crippen molar-refractivity contribution in [3.63, 3.8) is 0 Å². The Hall–Kier alpha value is -0.903. The van der Waals surface area contributed by atoms with Gasteiger partial charge in [0.2, 0.25) is 0 Å².